The third-order valence-corrected chi connectivity index (χ3v) is 6.38. The lowest BCUT2D eigenvalue weighted by Gasteiger charge is -2.27. The molecule has 0 saturated heterocycles. The highest BCUT2D eigenvalue weighted by atomic mass is 16.5. The van der Waals surface area contributed by atoms with Crippen molar-refractivity contribution in [3.63, 3.8) is 0 Å². The van der Waals surface area contributed by atoms with Gasteiger partial charge in [-0.05, 0) is 42.7 Å². The number of para-hydroxylation sites is 1. The van der Waals surface area contributed by atoms with E-state index >= 15 is 0 Å². The van der Waals surface area contributed by atoms with Gasteiger partial charge in [0.25, 0.3) is 11.5 Å². The van der Waals surface area contributed by atoms with Crippen molar-refractivity contribution in [2.24, 2.45) is 5.73 Å². The van der Waals surface area contributed by atoms with Gasteiger partial charge in [0.2, 0.25) is 5.88 Å². The first kappa shape index (κ1) is 20.9. The molecule has 1 aliphatic rings. The summed E-state index contributed by atoms with van der Waals surface area (Å²) in [4.78, 5) is 34.6. The number of benzene rings is 1. The van der Waals surface area contributed by atoms with Crippen LogP contribution in [0.25, 0.3) is 11.3 Å². The van der Waals surface area contributed by atoms with Crippen molar-refractivity contribution in [1.82, 2.24) is 23.7 Å². The monoisotopic (exact) mass is 466 g/mol. The maximum absolute atomic E-state index is 13.3. The zero-order valence-electron chi connectivity index (χ0n) is 18.7. The molecule has 0 spiro atoms. The molecule has 5 aromatic rings. The quantitative estimate of drug-likeness (QED) is 0.426. The normalized spacial score (nSPS) is 15.1. The Balaban J connectivity index is 1.39. The first-order chi connectivity index (χ1) is 17.1. The number of primary amides is 1. The number of fused-ring (bicyclic) bond motifs is 2. The number of rotatable bonds is 5. The van der Waals surface area contributed by atoms with E-state index in [0.717, 1.165) is 18.4 Å². The lowest BCUT2D eigenvalue weighted by Crippen LogP contribution is -2.26. The Labute approximate surface area is 200 Å². The molecule has 0 saturated carbocycles. The minimum Gasteiger partial charge on any atom is -0.435 e. The molecular formula is C26H22N6O3. The molecule has 0 fully saturated rings. The highest BCUT2D eigenvalue weighted by molar-refractivity contribution is 5.94. The molecule has 4 aromatic heterocycles. The maximum Gasteiger partial charge on any atom is 0.284 e. The van der Waals surface area contributed by atoms with Crippen LogP contribution in [0.2, 0.25) is 0 Å². The number of imidazole rings is 1. The fraction of sp³-hybridized carbons (Fsp3) is 0.154. The molecule has 1 amide bonds. The van der Waals surface area contributed by atoms with Crippen LogP contribution in [0.5, 0.6) is 11.6 Å². The van der Waals surface area contributed by atoms with E-state index in [0.29, 0.717) is 35.2 Å². The second-order valence-electron chi connectivity index (χ2n) is 8.46. The molecule has 1 aromatic carbocycles. The van der Waals surface area contributed by atoms with Crippen LogP contribution in [0.15, 0.2) is 84.2 Å². The molecule has 9 heteroatoms. The van der Waals surface area contributed by atoms with Gasteiger partial charge >= 0.3 is 0 Å². The molecule has 0 aliphatic carbocycles. The summed E-state index contributed by atoms with van der Waals surface area (Å²) >= 11 is 0. The average molecular weight is 467 g/mol. The van der Waals surface area contributed by atoms with Crippen molar-refractivity contribution in [2.45, 2.75) is 25.3 Å². The summed E-state index contributed by atoms with van der Waals surface area (Å²) in [7, 11) is 0. The van der Waals surface area contributed by atoms with E-state index in [1.807, 2.05) is 70.0 Å². The molecule has 5 heterocycles. The van der Waals surface area contributed by atoms with Gasteiger partial charge in [0.1, 0.15) is 5.56 Å². The van der Waals surface area contributed by atoms with Gasteiger partial charge < -0.3 is 14.9 Å². The highest BCUT2D eigenvalue weighted by Crippen LogP contribution is 2.36. The summed E-state index contributed by atoms with van der Waals surface area (Å²) in [5.74, 6) is 0.109. The largest absolute Gasteiger partial charge is 0.435 e. The van der Waals surface area contributed by atoms with Gasteiger partial charge in [-0.15, -0.1) is 0 Å². The van der Waals surface area contributed by atoms with Crippen LogP contribution in [0, 0.1) is 0 Å². The van der Waals surface area contributed by atoms with Crippen LogP contribution in [-0.4, -0.2) is 29.6 Å². The van der Waals surface area contributed by atoms with Crippen molar-refractivity contribution in [1.29, 1.82) is 0 Å². The summed E-state index contributed by atoms with van der Waals surface area (Å²) in [5, 5.41) is 0. The Morgan fingerprint density at radius 2 is 1.89 bits per heavy atom. The standard InChI is InChI=1S/C26H22N6O3/c27-24(33)22-23-19(8-4-14-31(23)32(26(22)34)18-6-2-1-3-7-18)17-10-11-21(29-16-17)35-20-9-5-13-30-15-12-28-25(20)30/h1-3,5-7,9-13,15-16,19H,4,8,14H2,(H2,27,33). The van der Waals surface area contributed by atoms with E-state index < -0.39 is 11.5 Å². The minimum atomic E-state index is -0.721. The molecule has 1 atom stereocenters. The molecule has 1 unspecified atom stereocenters. The zero-order valence-corrected chi connectivity index (χ0v) is 18.7. The van der Waals surface area contributed by atoms with Crippen LogP contribution in [-0.2, 0) is 6.54 Å². The first-order valence-electron chi connectivity index (χ1n) is 11.4. The topological polar surface area (TPSA) is 109 Å². The van der Waals surface area contributed by atoms with Crippen molar-refractivity contribution in [3.8, 4) is 17.3 Å². The molecule has 9 nitrogen and oxygen atoms in total. The molecule has 6 rings (SSSR count). The third-order valence-electron chi connectivity index (χ3n) is 6.38. The smallest absolute Gasteiger partial charge is 0.284 e. The van der Waals surface area contributed by atoms with Gasteiger partial charge in [-0.2, -0.15) is 0 Å². The number of carbonyl (C=O) groups excluding carboxylic acids is 1. The van der Waals surface area contributed by atoms with E-state index in [1.54, 1.807) is 23.1 Å². The fourth-order valence-corrected chi connectivity index (χ4v) is 4.87. The van der Waals surface area contributed by atoms with Gasteiger partial charge in [0.05, 0.1) is 11.4 Å². The highest BCUT2D eigenvalue weighted by Gasteiger charge is 2.33. The van der Waals surface area contributed by atoms with Gasteiger partial charge in [0, 0.05) is 43.3 Å². The summed E-state index contributed by atoms with van der Waals surface area (Å²) in [5.41, 5.74) is 8.26. The zero-order chi connectivity index (χ0) is 23.9. The van der Waals surface area contributed by atoms with Crippen LogP contribution in [0.3, 0.4) is 0 Å². The minimum absolute atomic E-state index is 0.0323. The Morgan fingerprint density at radius 3 is 2.66 bits per heavy atom. The van der Waals surface area contributed by atoms with Crippen molar-refractivity contribution in [2.75, 3.05) is 0 Å². The van der Waals surface area contributed by atoms with Crippen LogP contribution < -0.4 is 16.0 Å². The van der Waals surface area contributed by atoms with E-state index in [1.165, 1.54) is 0 Å². The van der Waals surface area contributed by atoms with E-state index in [2.05, 4.69) is 9.97 Å². The Kier molecular flexibility index (Phi) is 4.95. The van der Waals surface area contributed by atoms with E-state index in [-0.39, 0.29) is 11.5 Å². The lowest BCUT2D eigenvalue weighted by molar-refractivity contribution is 0.0997. The summed E-state index contributed by atoms with van der Waals surface area (Å²) in [6.07, 6.45) is 8.80. The number of amides is 1. The molecule has 1 aliphatic heterocycles. The van der Waals surface area contributed by atoms with Crippen LogP contribution >= 0.6 is 0 Å². The van der Waals surface area contributed by atoms with Crippen molar-refractivity contribution in [3.05, 3.63) is 107 Å². The third kappa shape index (κ3) is 3.48. The van der Waals surface area contributed by atoms with Crippen molar-refractivity contribution >= 4 is 11.6 Å². The van der Waals surface area contributed by atoms with E-state index in [4.69, 9.17) is 10.5 Å². The number of nitrogens with zero attached hydrogens (tertiary/aromatic N) is 5. The number of nitrogens with two attached hydrogens (primary N) is 1. The van der Waals surface area contributed by atoms with Crippen LogP contribution in [0.1, 0.15) is 40.4 Å². The predicted octanol–water partition coefficient (Wildman–Crippen LogP) is 3.50. The first-order valence-corrected chi connectivity index (χ1v) is 11.4. The van der Waals surface area contributed by atoms with Gasteiger partial charge in [-0.25, -0.2) is 14.6 Å². The van der Waals surface area contributed by atoms with Crippen LogP contribution in [0.4, 0.5) is 0 Å². The van der Waals surface area contributed by atoms with Gasteiger partial charge in [-0.1, -0.05) is 24.3 Å². The molecule has 2 N–H and O–H groups in total. The second kappa shape index (κ2) is 8.28. The molecule has 0 bridgehead atoms. The maximum atomic E-state index is 13.3. The number of carbonyl (C=O) groups is 1. The number of hydrogen-bond donors (Lipinski definition) is 1. The molecule has 174 valence electrons. The van der Waals surface area contributed by atoms with Crippen molar-refractivity contribution < 1.29 is 9.53 Å². The van der Waals surface area contributed by atoms with Gasteiger partial charge in [-0.3, -0.25) is 14.3 Å². The second-order valence-corrected chi connectivity index (χ2v) is 8.46. The molecular weight excluding hydrogens is 444 g/mol. The SMILES string of the molecule is NC(=O)c1c2n(n(-c3ccccc3)c1=O)CCCC2c1ccc(Oc2cccn3ccnc23)nc1. The molecule has 0 radical (unpaired) electrons. The number of pyridine rings is 2. The Bertz CT molecular complexity index is 1600. The lowest BCUT2D eigenvalue weighted by atomic mass is 9.87. The Morgan fingerprint density at radius 1 is 1.03 bits per heavy atom. The molecule has 35 heavy (non-hydrogen) atoms. The van der Waals surface area contributed by atoms with Gasteiger partial charge in [0.15, 0.2) is 11.4 Å². The number of aromatic nitrogens is 5. The fourth-order valence-electron chi connectivity index (χ4n) is 4.87. The Hall–Kier alpha value is -4.66. The number of hydrogen-bond acceptors (Lipinski definition) is 5. The van der Waals surface area contributed by atoms with E-state index in [9.17, 15) is 9.59 Å². The average Bonchev–Trinajstić information content (AvgIpc) is 3.47. The number of ether oxygens (including phenoxy) is 1. The predicted molar refractivity (Wildman–Crippen MR) is 129 cm³/mol. The summed E-state index contributed by atoms with van der Waals surface area (Å²) < 4.78 is 11.3. The summed E-state index contributed by atoms with van der Waals surface area (Å²) in [6.45, 7) is 0.617. The summed E-state index contributed by atoms with van der Waals surface area (Å²) in [6, 6.07) is 16.7.